The van der Waals surface area contributed by atoms with Crippen LogP contribution in [-0.2, 0) is 14.3 Å². The molecule has 0 radical (unpaired) electrons. The first-order chi connectivity index (χ1) is 38.5. The van der Waals surface area contributed by atoms with Gasteiger partial charge in [-0.05, 0) is 25.7 Å². The highest BCUT2D eigenvalue weighted by atomic mass is 16.5. The molecule has 2 atom stereocenters. The van der Waals surface area contributed by atoms with E-state index in [-0.39, 0.29) is 18.5 Å². The Morgan fingerprint density at radius 3 is 0.782 bits per heavy atom. The van der Waals surface area contributed by atoms with E-state index >= 15 is 0 Å². The third-order valence-corrected chi connectivity index (χ3v) is 17.4. The molecule has 0 bridgehead atoms. The summed E-state index contributed by atoms with van der Waals surface area (Å²) >= 11 is 0. The number of carbonyl (C=O) groups excluding carboxylic acids is 2. The number of aliphatic hydroxyl groups excluding tert-OH is 2. The molecule has 6 nitrogen and oxygen atoms in total. The molecule has 0 aliphatic heterocycles. The minimum Gasteiger partial charge on any atom is -0.466 e. The minimum absolute atomic E-state index is 0.0239. The average molecular weight is 1100 g/mol. The second kappa shape index (κ2) is 68.4. The van der Waals surface area contributed by atoms with E-state index < -0.39 is 12.1 Å². The fourth-order valence-corrected chi connectivity index (χ4v) is 11.9. The molecule has 0 saturated carbocycles. The van der Waals surface area contributed by atoms with Crippen LogP contribution in [0, 0.1) is 0 Å². The van der Waals surface area contributed by atoms with Crippen LogP contribution in [0.1, 0.15) is 425 Å². The second-order valence-corrected chi connectivity index (χ2v) is 25.3. The van der Waals surface area contributed by atoms with E-state index in [1.54, 1.807) is 0 Å². The number of aliphatic hydroxyl groups is 2. The second-order valence-electron chi connectivity index (χ2n) is 25.3. The quantitative estimate of drug-likeness (QED) is 0.0417. The lowest BCUT2D eigenvalue weighted by molar-refractivity contribution is -0.143. The molecule has 0 aliphatic rings. The van der Waals surface area contributed by atoms with Crippen molar-refractivity contribution in [2.75, 3.05) is 13.2 Å². The summed E-state index contributed by atoms with van der Waals surface area (Å²) in [5.74, 6) is -0.00406. The Hall–Kier alpha value is -1.14. The summed E-state index contributed by atoms with van der Waals surface area (Å²) in [6.07, 6.45) is 83.0. The standard InChI is InChI=1S/C72H143NO5/c1-3-5-7-9-11-13-15-17-19-21-34-38-42-46-50-54-58-62-66-72(77)78-67-63-59-55-51-47-43-39-35-32-30-28-26-24-22-23-25-27-29-31-33-37-41-45-49-53-57-61-65-71(76)73-69(68-74)70(75)64-60-56-52-48-44-40-36-20-18-16-14-12-10-8-6-4-2/h69-70,74-75H,3-68H2,1-2H3,(H,73,76). The summed E-state index contributed by atoms with van der Waals surface area (Å²) in [7, 11) is 0. The summed E-state index contributed by atoms with van der Waals surface area (Å²) in [6, 6.07) is -0.538. The topological polar surface area (TPSA) is 95.9 Å². The van der Waals surface area contributed by atoms with Crippen LogP contribution >= 0.6 is 0 Å². The number of carbonyl (C=O) groups is 2. The van der Waals surface area contributed by atoms with Gasteiger partial charge in [-0.1, -0.05) is 386 Å². The molecule has 2 unspecified atom stereocenters. The van der Waals surface area contributed by atoms with Crippen molar-refractivity contribution in [1.29, 1.82) is 0 Å². The number of esters is 1. The molecule has 0 saturated heterocycles. The Labute approximate surface area is 489 Å². The van der Waals surface area contributed by atoms with Gasteiger partial charge in [0, 0.05) is 12.8 Å². The van der Waals surface area contributed by atoms with Crippen LogP contribution in [0.5, 0.6) is 0 Å². The van der Waals surface area contributed by atoms with Gasteiger partial charge >= 0.3 is 5.97 Å². The molecule has 0 aromatic heterocycles. The molecule has 0 heterocycles. The van der Waals surface area contributed by atoms with Crippen molar-refractivity contribution in [3.63, 3.8) is 0 Å². The Morgan fingerprint density at radius 2 is 0.526 bits per heavy atom. The Bertz CT molecular complexity index is 1130. The maximum absolute atomic E-state index is 12.5. The number of rotatable bonds is 69. The summed E-state index contributed by atoms with van der Waals surface area (Å²) in [6.45, 7) is 5.01. The van der Waals surface area contributed by atoms with Crippen LogP contribution in [0.2, 0.25) is 0 Å². The number of amides is 1. The van der Waals surface area contributed by atoms with Crippen LogP contribution in [0.4, 0.5) is 0 Å². The predicted molar refractivity (Wildman–Crippen MR) is 343 cm³/mol. The Morgan fingerprint density at radius 1 is 0.308 bits per heavy atom. The summed E-state index contributed by atoms with van der Waals surface area (Å²) in [4.78, 5) is 24.6. The third kappa shape index (κ3) is 64.0. The van der Waals surface area contributed by atoms with Gasteiger partial charge in [0.05, 0.1) is 25.4 Å². The lowest BCUT2D eigenvalue weighted by Gasteiger charge is -2.22. The van der Waals surface area contributed by atoms with Gasteiger partial charge < -0.3 is 20.3 Å². The summed E-state index contributed by atoms with van der Waals surface area (Å²) in [5, 5.41) is 23.4. The smallest absolute Gasteiger partial charge is 0.305 e. The first-order valence-electron chi connectivity index (χ1n) is 36.3. The van der Waals surface area contributed by atoms with Crippen LogP contribution in [0.3, 0.4) is 0 Å². The highest BCUT2D eigenvalue weighted by Gasteiger charge is 2.20. The molecule has 6 heteroatoms. The van der Waals surface area contributed by atoms with Crippen molar-refractivity contribution in [3.8, 4) is 0 Å². The summed E-state index contributed by atoms with van der Waals surface area (Å²) < 4.78 is 5.51. The van der Waals surface area contributed by atoms with Gasteiger partial charge in [-0.2, -0.15) is 0 Å². The van der Waals surface area contributed by atoms with Gasteiger partial charge in [0.15, 0.2) is 0 Å². The van der Waals surface area contributed by atoms with Gasteiger partial charge in [0.25, 0.3) is 0 Å². The van der Waals surface area contributed by atoms with Crippen molar-refractivity contribution in [2.45, 2.75) is 437 Å². The maximum atomic E-state index is 12.5. The maximum Gasteiger partial charge on any atom is 0.305 e. The number of hydrogen-bond acceptors (Lipinski definition) is 5. The molecular formula is C72H143NO5. The molecule has 78 heavy (non-hydrogen) atoms. The van der Waals surface area contributed by atoms with Gasteiger partial charge in [0.2, 0.25) is 5.91 Å². The minimum atomic E-state index is -0.661. The SMILES string of the molecule is CCCCCCCCCCCCCCCCCCCCC(=O)OCCCCCCCCCCCCCCCCCCCCCCCCCCCCCC(=O)NC(CO)C(O)CCCCCCCCCCCCCCCCCC. The van der Waals surface area contributed by atoms with Gasteiger partial charge in [-0.15, -0.1) is 0 Å². The van der Waals surface area contributed by atoms with Crippen LogP contribution in [0.25, 0.3) is 0 Å². The molecule has 0 aliphatic carbocycles. The zero-order valence-electron chi connectivity index (χ0n) is 53.4. The number of ether oxygens (including phenoxy) is 1. The first kappa shape index (κ1) is 76.9. The van der Waals surface area contributed by atoms with E-state index in [0.717, 1.165) is 38.5 Å². The van der Waals surface area contributed by atoms with Crippen molar-refractivity contribution in [2.24, 2.45) is 0 Å². The summed E-state index contributed by atoms with van der Waals surface area (Å²) in [5.41, 5.74) is 0. The molecule has 0 spiro atoms. The van der Waals surface area contributed by atoms with Crippen LogP contribution < -0.4 is 5.32 Å². The van der Waals surface area contributed by atoms with Crippen LogP contribution in [-0.4, -0.2) is 47.4 Å². The number of hydrogen-bond donors (Lipinski definition) is 3. The zero-order chi connectivity index (χ0) is 56.4. The average Bonchev–Trinajstić information content (AvgIpc) is 3.44. The molecular weight excluding hydrogens is 959 g/mol. The van der Waals surface area contributed by atoms with Crippen molar-refractivity contribution in [1.82, 2.24) is 5.32 Å². The van der Waals surface area contributed by atoms with Crippen molar-refractivity contribution < 1.29 is 24.5 Å². The van der Waals surface area contributed by atoms with Gasteiger partial charge in [-0.25, -0.2) is 0 Å². The molecule has 0 aromatic carbocycles. The van der Waals surface area contributed by atoms with Gasteiger partial charge in [0.1, 0.15) is 0 Å². The Balaban J connectivity index is 3.31. The highest BCUT2D eigenvalue weighted by molar-refractivity contribution is 5.76. The molecule has 0 fully saturated rings. The van der Waals surface area contributed by atoms with Crippen molar-refractivity contribution >= 4 is 11.9 Å². The van der Waals surface area contributed by atoms with E-state index in [1.165, 1.54) is 353 Å². The molecule has 466 valence electrons. The highest BCUT2D eigenvalue weighted by Crippen LogP contribution is 2.20. The van der Waals surface area contributed by atoms with E-state index in [9.17, 15) is 19.8 Å². The fourth-order valence-electron chi connectivity index (χ4n) is 11.9. The molecule has 3 N–H and O–H groups in total. The predicted octanol–water partition coefficient (Wildman–Crippen LogP) is 23.4. The third-order valence-electron chi connectivity index (χ3n) is 17.4. The van der Waals surface area contributed by atoms with Crippen molar-refractivity contribution in [3.05, 3.63) is 0 Å². The number of nitrogens with one attached hydrogen (secondary N) is 1. The van der Waals surface area contributed by atoms with E-state index in [2.05, 4.69) is 19.2 Å². The van der Waals surface area contributed by atoms with E-state index in [4.69, 9.17) is 4.74 Å². The van der Waals surface area contributed by atoms with Gasteiger partial charge in [-0.3, -0.25) is 9.59 Å². The lowest BCUT2D eigenvalue weighted by Crippen LogP contribution is -2.45. The lowest BCUT2D eigenvalue weighted by atomic mass is 10.0. The monoisotopic (exact) mass is 1100 g/mol. The normalized spacial score (nSPS) is 12.4. The molecule has 1 amide bonds. The molecule has 0 aromatic rings. The fraction of sp³-hybridized carbons (Fsp3) is 0.972. The number of unbranched alkanes of at least 4 members (excludes halogenated alkanes) is 58. The van der Waals surface area contributed by atoms with E-state index in [0.29, 0.717) is 25.9 Å². The van der Waals surface area contributed by atoms with Crippen LogP contribution in [0.15, 0.2) is 0 Å². The Kier molecular flexibility index (Phi) is 67.4. The van der Waals surface area contributed by atoms with E-state index in [1.807, 2.05) is 0 Å². The largest absolute Gasteiger partial charge is 0.466 e. The zero-order valence-corrected chi connectivity index (χ0v) is 53.4. The molecule has 0 rings (SSSR count). The first-order valence-corrected chi connectivity index (χ1v) is 36.3.